The van der Waals surface area contributed by atoms with Crippen molar-refractivity contribution in [3.8, 4) is 0 Å². The highest BCUT2D eigenvalue weighted by molar-refractivity contribution is 7.92. The van der Waals surface area contributed by atoms with E-state index < -0.39 is 10.0 Å². The van der Waals surface area contributed by atoms with Crippen LogP contribution in [0.1, 0.15) is 25.7 Å². The summed E-state index contributed by atoms with van der Waals surface area (Å²) in [6, 6.07) is 7.95. The molecule has 19 heavy (non-hydrogen) atoms. The highest BCUT2D eigenvalue weighted by Gasteiger charge is 2.18. The third-order valence-electron chi connectivity index (χ3n) is 3.25. The van der Waals surface area contributed by atoms with Crippen LogP contribution in [0.4, 0.5) is 11.4 Å². The van der Waals surface area contributed by atoms with Gasteiger partial charge in [0.15, 0.2) is 0 Å². The molecule has 0 saturated heterocycles. The van der Waals surface area contributed by atoms with Crippen LogP contribution in [0.15, 0.2) is 24.3 Å². The number of nitrogens with two attached hydrogens (primary N) is 1. The molecular formula is C13H21N3O2S. The Balaban J connectivity index is 2.02. The van der Waals surface area contributed by atoms with Gasteiger partial charge in [-0.3, -0.25) is 4.72 Å². The summed E-state index contributed by atoms with van der Waals surface area (Å²) in [5.74, 6) is 0. The van der Waals surface area contributed by atoms with Crippen molar-refractivity contribution in [2.24, 2.45) is 5.73 Å². The summed E-state index contributed by atoms with van der Waals surface area (Å²) >= 11 is 0. The first-order valence-electron chi connectivity index (χ1n) is 6.52. The molecule has 0 spiro atoms. The molecule has 5 nitrogen and oxygen atoms in total. The lowest BCUT2D eigenvalue weighted by molar-refractivity contribution is 0.409. The second-order valence-electron chi connectivity index (χ2n) is 5.22. The molecule has 1 fully saturated rings. The summed E-state index contributed by atoms with van der Waals surface area (Å²) in [4.78, 5) is 0. The first kappa shape index (κ1) is 14.1. The minimum absolute atomic E-state index is 0.267. The molecule has 0 aliphatic heterocycles. The Hall–Kier alpha value is -1.27. The number of rotatable bonds is 4. The van der Waals surface area contributed by atoms with Crippen LogP contribution in [0.3, 0.4) is 0 Å². The molecule has 0 aromatic heterocycles. The lowest BCUT2D eigenvalue weighted by Crippen LogP contribution is -2.34. The van der Waals surface area contributed by atoms with E-state index in [2.05, 4.69) is 10.0 Å². The number of hydrogen-bond acceptors (Lipinski definition) is 4. The van der Waals surface area contributed by atoms with Gasteiger partial charge >= 0.3 is 0 Å². The Labute approximate surface area is 114 Å². The van der Waals surface area contributed by atoms with Crippen LogP contribution in [-0.2, 0) is 10.0 Å². The second kappa shape index (κ2) is 5.79. The van der Waals surface area contributed by atoms with Gasteiger partial charge in [0.2, 0.25) is 10.0 Å². The van der Waals surface area contributed by atoms with E-state index in [9.17, 15) is 8.42 Å². The second-order valence-corrected chi connectivity index (χ2v) is 6.97. The molecule has 1 saturated carbocycles. The fraction of sp³-hybridized carbons (Fsp3) is 0.538. The van der Waals surface area contributed by atoms with Gasteiger partial charge in [-0.1, -0.05) is 6.07 Å². The molecule has 1 aromatic carbocycles. The molecule has 0 radical (unpaired) electrons. The van der Waals surface area contributed by atoms with Gasteiger partial charge in [-0.2, -0.15) is 0 Å². The fourth-order valence-electron chi connectivity index (χ4n) is 2.48. The van der Waals surface area contributed by atoms with Crippen LogP contribution in [0.5, 0.6) is 0 Å². The number of benzene rings is 1. The molecule has 0 bridgehead atoms. The maximum absolute atomic E-state index is 11.2. The van der Waals surface area contributed by atoms with Gasteiger partial charge < -0.3 is 11.1 Å². The normalized spacial score (nSPS) is 23.9. The van der Waals surface area contributed by atoms with E-state index in [1.165, 1.54) is 0 Å². The van der Waals surface area contributed by atoms with Crippen molar-refractivity contribution in [3.63, 3.8) is 0 Å². The highest BCUT2D eigenvalue weighted by atomic mass is 32.2. The monoisotopic (exact) mass is 283 g/mol. The molecule has 0 amide bonds. The van der Waals surface area contributed by atoms with E-state index >= 15 is 0 Å². The van der Waals surface area contributed by atoms with Crippen LogP contribution in [-0.4, -0.2) is 26.8 Å². The Morgan fingerprint density at radius 3 is 2.68 bits per heavy atom. The largest absolute Gasteiger partial charge is 0.382 e. The molecule has 0 heterocycles. The van der Waals surface area contributed by atoms with Crippen molar-refractivity contribution in [1.82, 2.24) is 0 Å². The van der Waals surface area contributed by atoms with Crippen molar-refractivity contribution in [2.45, 2.75) is 37.8 Å². The maximum Gasteiger partial charge on any atom is 0.229 e. The van der Waals surface area contributed by atoms with Crippen LogP contribution in [0.2, 0.25) is 0 Å². The topological polar surface area (TPSA) is 84.2 Å². The first-order chi connectivity index (χ1) is 8.92. The fourth-order valence-corrected chi connectivity index (χ4v) is 3.04. The average molecular weight is 283 g/mol. The molecule has 1 aromatic rings. The van der Waals surface area contributed by atoms with Gasteiger partial charge in [-0.05, 0) is 43.9 Å². The first-order valence-corrected chi connectivity index (χ1v) is 8.41. The SMILES string of the molecule is CS(=O)(=O)Nc1cccc(NC2CCCC(N)C2)c1. The molecule has 6 heteroatoms. The van der Waals surface area contributed by atoms with Gasteiger partial charge in [-0.15, -0.1) is 0 Å². The molecule has 2 unspecified atom stereocenters. The van der Waals surface area contributed by atoms with Crippen molar-refractivity contribution < 1.29 is 8.42 Å². The highest BCUT2D eigenvalue weighted by Crippen LogP contribution is 2.23. The van der Waals surface area contributed by atoms with Gasteiger partial charge in [-0.25, -0.2) is 8.42 Å². The van der Waals surface area contributed by atoms with E-state index in [1.54, 1.807) is 12.1 Å². The Bertz CT molecular complexity index is 530. The Morgan fingerprint density at radius 2 is 2.00 bits per heavy atom. The average Bonchev–Trinajstić information content (AvgIpc) is 2.27. The third-order valence-corrected chi connectivity index (χ3v) is 3.86. The van der Waals surface area contributed by atoms with Gasteiger partial charge in [0.05, 0.1) is 11.9 Å². The molecule has 2 rings (SSSR count). The number of hydrogen-bond donors (Lipinski definition) is 3. The smallest absolute Gasteiger partial charge is 0.229 e. The molecule has 4 N–H and O–H groups in total. The van der Waals surface area contributed by atoms with Crippen LogP contribution in [0, 0.1) is 0 Å². The molecule has 2 atom stereocenters. The predicted octanol–water partition coefficient (Wildman–Crippen LogP) is 1.74. The molecule has 1 aliphatic carbocycles. The van der Waals surface area contributed by atoms with Gasteiger partial charge in [0, 0.05) is 17.8 Å². The Morgan fingerprint density at radius 1 is 1.26 bits per heavy atom. The van der Waals surface area contributed by atoms with Gasteiger partial charge in [0.1, 0.15) is 0 Å². The van der Waals surface area contributed by atoms with E-state index in [1.807, 2.05) is 12.1 Å². The van der Waals surface area contributed by atoms with E-state index in [0.29, 0.717) is 11.7 Å². The third kappa shape index (κ3) is 4.72. The van der Waals surface area contributed by atoms with Crippen LogP contribution < -0.4 is 15.8 Å². The Kier molecular flexibility index (Phi) is 4.31. The summed E-state index contributed by atoms with van der Waals surface area (Å²) in [6.45, 7) is 0. The summed E-state index contributed by atoms with van der Waals surface area (Å²) in [7, 11) is -3.23. The number of nitrogens with one attached hydrogen (secondary N) is 2. The molecule has 1 aliphatic rings. The van der Waals surface area contributed by atoms with Crippen molar-refractivity contribution in [1.29, 1.82) is 0 Å². The van der Waals surface area contributed by atoms with E-state index in [4.69, 9.17) is 5.73 Å². The van der Waals surface area contributed by atoms with Crippen LogP contribution in [0.25, 0.3) is 0 Å². The van der Waals surface area contributed by atoms with Gasteiger partial charge in [0.25, 0.3) is 0 Å². The number of anilines is 2. The predicted molar refractivity (Wildman–Crippen MR) is 78.8 cm³/mol. The van der Waals surface area contributed by atoms with E-state index in [-0.39, 0.29) is 6.04 Å². The van der Waals surface area contributed by atoms with Crippen molar-refractivity contribution in [2.75, 3.05) is 16.3 Å². The zero-order chi connectivity index (χ0) is 13.9. The summed E-state index contributed by atoms with van der Waals surface area (Å²) in [6.07, 6.45) is 5.45. The molecular weight excluding hydrogens is 262 g/mol. The minimum atomic E-state index is -3.23. The molecule has 106 valence electrons. The quantitative estimate of drug-likeness (QED) is 0.786. The zero-order valence-electron chi connectivity index (χ0n) is 11.1. The standard InChI is InChI=1S/C13H21N3O2S/c1-19(17,18)16-13-7-3-6-12(9-13)15-11-5-2-4-10(14)8-11/h3,6-7,9-11,15-16H,2,4-5,8,14H2,1H3. The minimum Gasteiger partial charge on any atom is -0.382 e. The van der Waals surface area contributed by atoms with Crippen molar-refractivity contribution >= 4 is 21.4 Å². The summed E-state index contributed by atoms with van der Waals surface area (Å²) < 4.78 is 24.9. The lowest BCUT2D eigenvalue weighted by Gasteiger charge is -2.28. The lowest BCUT2D eigenvalue weighted by atomic mass is 9.91. The summed E-state index contributed by atoms with van der Waals surface area (Å²) in [5, 5.41) is 3.42. The van der Waals surface area contributed by atoms with Crippen molar-refractivity contribution in [3.05, 3.63) is 24.3 Å². The number of sulfonamides is 1. The van der Waals surface area contributed by atoms with E-state index in [0.717, 1.165) is 37.6 Å². The zero-order valence-corrected chi connectivity index (χ0v) is 11.9. The summed E-state index contributed by atoms with van der Waals surface area (Å²) in [5.41, 5.74) is 7.46. The maximum atomic E-state index is 11.2. The van der Waals surface area contributed by atoms with Crippen LogP contribution >= 0.6 is 0 Å².